The third-order valence-electron chi connectivity index (χ3n) is 4.50. The van der Waals surface area contributed by atoms with Gasteiger partial charge < -0.3 is 10.5 Å². The van der Waals surface area contributed by atoms with Crippen molar-refractivity contribution >= 4 is 34.3 Å². The molecule has 0 saturated heterocycles. The first-order chi connectivity index (χ1) is 11.7. The molecular weight excluding hydrogens is 318 g/mol. The van der Waals surface area contributed by atoms with Gasteiger partial charge in [0.2, 0.25) is 0 Å². The van der Waals surface area contributed by atoms with Crippen molar-refractivity contribution in [3.8, 4) is 5.75 Å². The molecule has 1 aliphatic carbocycles. The van der Waals surface area contributed by atoms with Crippen molar-refractivity contribution in [2.24, 2.45) is 16.8 Å². The van der Waals surface area contributed by atoms with E-state index in [-0.39, 0.29) is 5.11 Å². The second-order valence-corrected chi connectivity index (χ2v) is 6.69. The van der Waals surface area contributed by atoms with Gasteiger partial charge in [0.25, 0.3) is 0 Å². The first-order valence-electron chi connectivity index (χ1n) is 8.47. The number of nitrogens with one attached hydrogen (secondary N) is 1. The average molecular weight is 341 g/mol. The van der Waals surface area contributed by atoms with Crippen LogP contribution in [-0.4, -0.2) is 17.9 Å². The quantitative estimate of drug-likeness (QED) is 0.491. The Hall–Kier alpha value is -2.14. The van der Waals surface area contributed by atoms with E-state index < -0.39 is 0 Å². The number of nitrogens with zero attached hydrogens (tertiary/aromatic N) is 1. The fourth-order valence-electron chi connectivity index (χ4n) is 3.26. The number of hydrogen-bond donors (Lipinski definition) is 2. The van der Waals surface area contributed by atoms with Crippen LogP contribution >= 0.6 is 12.2 Å². The van der Waals surface area contributed by atoms with Gasteiger partial charge in [0.15, 0.2) is 5.11 Å². The Morgan fingerprint density at radius 1 is 1.17 bits per heavy atom. The highest BCUT2D eigenvalue weighted by molar-refractivity contribution is 7.80. The molecule has 1 fully saturated rings. The smallest absolute Gasteiger partial charge is 0.184 e. The molecule has 0 aliphatic heterocycles. The number of thiocarbonyl (C=S) groups is 1. The number of fused-ring (bicyclic) bond motifs is 1. The monoisotopic (exact) mass is 341 g/mol. The van der Waals surface area contributed by atoms with Crippen molar-refractivity contribution in [2.45, 2.75) is 32.1 Å². The Balaban J connectivity index is 1.79. The number of rotatable bonds is 5. The van der Waals surface area contributed by atoms with Crippen LogP contribution in [0.25, 0.3) is 10.8 Å². The molecular formula is C19H23N3OS. The summed E-state index contributed by atoms with van der Waals surface area (Å²) >= 11 is 4.76. The Morgan fingerprint density at radius 2 is 1.92 bits per heavy atom. The van der Waals surface area contributed by atoms with Gasteiger partial charge in [-0.1, -0.05) is 43.5 Å². The minimum atomic E-state index is 0.156. The van der Waals surface area contributed by atoms with Gasteiger partial charge >= 0.3 is 0 Å². The molecule has 0 aromatic heterocycles. The van der Waals surface area contributed by atoms with Gasteiger partial charge in [0, 0.05) is 10.9 Å². The van der Waals surface area contributed by atoms with E-state index in [4.69, 9.17) is 22.7 Å². The molecule has 0 amide bonds. The molecule has 0 atom stereocenters. The molecule has 5 heteroatoms. The van der Waals surface area contributed by atoms with E-state index >= 15 is 0 Å². The first kappa shape index (κ1) is 16.7. The van der Waals surface area contributed by atoms with E-state index in [1.807, 2.05) is 24.3 Å². The summed E-state index contributed by atoms with van der Waals surface area (Å²) in [6.07, 6.45) is 8.33. The van der Waals surface area contributed by atoms with Crippen LogP contribution in [0, 0.1) is 5.92 Å². The van der Waals surface area contributed by atoms with E-state index in [0.29, 0.717) is 5.92 Å². The second kappa shape index (κ2) is 8.11. The number of ether oxygens (including phenoxy) is 1. The van der Waals surface area contributed by atoms with Gasteiger partial charge in [-0.25, -0.2) is 0 Å². The summed E-state index contributed by atoms with van der Waals surface area (Å²) in [5, 5.41) is 6.42. The van der Waals surface area contributed by atoms with E-state index in [1.165, 1.54) is 32.1 Å². The maximum absolute atomic E-state index is 6.16. The Kier molecular flexibility index (Phi) is 5.64. The van der Waals surface area contributed by atoms with E-state index in [0.717, 1.165) is 28.7 Å². The van der Waals surface area contributed by atoms with Crippen LogP contribution in [-0.2, 0) is 0 Å². The summed E-state index contributed by atoms with van der Waals surface area (Å²) in [6.45, 7) is 0.806. The van der Waals surface area contributed by atoms with Crippen LogP contribution in [0.15, 0.2) is 41.5 Å². The van der Waals surface area contributed by atoms with Gasteiger partial charge in [-0.15, -0.1) is 0 Å². The standard InChI is InChI=1S/C19H23N3OS/c20-19(24)22-21-12-15-10-11-18(17-9-5-4-8-16(15)17)23-13-14-6-2-1-3-7-14/h4-5,8-12,14H,1-3,6-7,13H2,(H3,20,22,24)/b21-12+. The molecule has 0 bridgehead atoms. The topological polar surface area (TPSA) is 59.6 Å². The first-order valence-corrected chi connectivity index (χ1v) is 8.88. The molecule has 1 aliphatic rings. The zero-order valence-electron chi connectivity index (χ0n) is 13.7. The predicted molar refractivity (Wildman–Crippen MR) is 104 cm³/mol. The highest BCUT2D eigenvalue weighted by Crippen LogP contribution is 2.30. The molecule has 0 spiro atoms. The van der Waals surface area contributed by atoms with Gasteiger partial charge in [0.05, 0.1) is 12.8 Å². The fourth-order valence-corrected chi connectivity index (χ4v) is 3.31. The summed E-state index contributed by atoms with van der Waals surface area (Å²) in [5.74, 6) is 1.63. The number of nitrogens with two attached hydrogens (primary N) is 1. The van der Waals surface area contributed by atoms with Gasteiger partial charge in [-0.05, 0) is 48.5 Å². The SMILES string of the molecule is NC(=S)N/N=C/c1ccc(OCC2CCCCC2)c2ccccc12. The molecule has 2 aromatic carbocycles. The Bertz CT molecular complexity index is 738. The van der Waals surface area contributed by atoms with Crippen molar-refractivity contribution in [1.82, 2.24) is 5.43 Å². The molecule has 126 valence electrons. The highest BCUT2D eigenvalue weighted by atomic mass is 32.1. The molecule has 24 heavy (non-hydrogen) atoms. The number of benzene rings is 2. The van der Waals surface area contributed by atoms with Crippen molar-refractivity contribution in [2.75, 3.05) is 6.61 Å². The summed E-state index contributed by atoms with van der Waals surface area (Å²) in [6, 6.07) is 12.3. The van der Waals surface area contributed by atoms with Crippen LogP contribution < -0.4 is 15.9 Å². The summed E-state index contributed by atoms with van der Waals surface area (Å²) in [4.78, 5) is 0. The van der Waals surface area contributed by atoms with Crippen molar-refractivity contribution in [3.63, 3.8) is 0 Å². The molecule has 1 saturated carbocycles. The zero-order chi connectivity index (χ0) is 16.8. The molecule has 0 heterocycles. The van der Waals surface area contributed by atoms with Gasteiger partial charge in [0.1, 0.15) is 5.75 Å². The average Bonchev–Trinajstić information content (AvgIpc) is 2.61. The van der Waals surface area contributed by atoms with Crippen molar-refractivity contribution < 1.29 is 4.74 Å². The maximum atomic E-state index is 6.16. The number of hydrazone groups is 1. The number of hydrogen-bond acceptors (Lipinski definition) is 3. The zero-order valence-corrected chi connectivity index (χ0v) is 14.5. The van der Waals surface area contributed by atoms with Crippen LogP contribution in [0.4, 0.5) is 0 Å². The highest BCUT2D eigenvalue weighted by Gasteiger charge is 2.15. The molecule has 3 rings (SSSR count). The van der Waals surface area contributed by atoms with E-state index in [1.54, 1.807) is 6.21 Å². The molecule has 0 radical (unpaired) electrons. The minimum absolute atomic E-state index is 0.156. The minimum Gasteiger partial charge on any atom is -0.493 e. The maximum Gasteiger partial charge on any atom is 0.184 e. The lowest BCUT2D eigenvalue weighted by atomic mass is 9.90. The summed E-state index contributed by atoms with van der Waals surface area (Å²) < 4.78 is 6.16. The predicted octanol–water partition coefficient (Wildman–Crippen LogP) is 3.97. The van der Waals surface area contributed by atoms with Crippen LogP contribution in [0.1, 0.15) is 37.7 Å². The van der Waals surface area contributed by atoms with Crippen LogP contribution in [0.2, 0.25) is 0 Å². The van der Waals surface area contributed by atoms with E-state index in [9.17, 15) is 0 Å². The lowest BCUT2D eigenvalue weighted by Gasteiger charge is -2.22. The van der Waals surface area contributed by atoms with E-state index in [2.05, 4.69) is 22.7 Å². The van der Waals surface area contributed by atoms with Crippen LogP contribution in [0.5, 0.6) is 5.75 Å². The van der Waals surface area contributed by atoms with Gasteiger partial charge in [-0.3, -0.25) is 5.43 Å². The van der Waals surface area contributed by atoms with Crippen molar-refractivity contribution in [3.05, 3.63) is 42.0 Å². The normalized spacial score (nSPS) is 15.7. The van der Waals surface area contributed by atoms with Gasteiger partial charge in [-0.2, -0.15) is 5.10 Å². The largest absolute Gasteiger partial charge is 0.493 e. The molecule has 4 nitrogen and oxygen atoms in total. The van der Waals surface area contributed by atoms with Crippen LogP contribution in [0.3, 0.4) is 0 Å². The molecule has 3 N–H and O–H groups in total. The Morgan fingerprint density at radius 3 is 2.67 bits per heavy atom. The summed E-state index contributed by atoms with van der Waals surface area (Å²) in [7, 11) is 0. The lowest BCUT2D eigenvalue weighted by molar-refractivity contribution is 0.210. The fraction of sp³-hybridized carbons (Fsp3) is 0.368. The lowest BCUT2D eigenvalue weighted by Crippen LogP contribution is -2.24. The molecule has 0 unspecified atom stereocenters. The second-order valence-electron chi connectivity index (χ2n) is 6.25. The molecule has 2 aromatic rings. The third-order valence-corrected chi connectivity index (χ3v) is 4.59. The summed E-state index contributed by atoms with van der Waals surface area (Å²) in [5.41, 5.74) is 8.98. The van der Waals surface area contributed by atoms with Crippen molar-refractivity contribution in [1.29, 1.82) is 0 Å². The third kappa shape index (κ3) is 4.23. The Labute approximate surface area is 148 Å².